The zero-order valence-corrected chi connectivity index (χ0v) is 14.7. The van der Waals surface area contributed by atoms with Crippen LogP contribution in [0.5, 0.6) is 5.75 Å². The number of para-hydroxylation sites is 2. The van der Waals surface area contributed by atoms with E-state index < -0.39 is 0 Å². The Hall–Kier alpha value is -1.59. The van der Waals surface area contributed by atoms with E-state index in [2.05, 4.69) is 30.0 Å². The van der Waals surface area contributed by atoms with Gasteiger partial charge in [-0.05, 0) is 56.6 Å². The first-order chi connectivity index (χ1) is 11.6. The highest BCUT2D eigenvalue weighted by atomic mass is 16.5. The fourth-order valence-corrected chi connectivity index (χ4v) is 3.60. The van der Waals surface area contributed by atoms with E-state index in [1.165, 1.54) is 12.8 Å². The third-order valence-electron chi connectivity index (χ3n) is 4.80. The van der Waals surface area contributed by atoms with Crippen LogP contribution in [0.2, 0.25) is 0 Å². The fourth-order valence-electron chi connectivity index (χ4n) is 3.60. The van der Waals surface area contributed by atoms with Crippen molar-refractivity contribution in [3.8, 4) is 5.75 Å². The lowest BCUT2D eigenvalue weighted by Gasteiger charge is -2.18. The van der Waals surface area contributed by atoms with Crippen molar-refractivity contribution in [1.82, 2.24) is 10.9 Å². The molecular weight excluding hydrogens is 302 g/mol. The largest absolute Gasteiger partial charge is 0.488 e. The van der Waals surface area contributed by atoms with Crippen molar-refractivity contribution in [2.45, 2.75) is 70.6 Å². The second-order valence-electron chi connectivity index (χ2n) is 7.41. The highest BCUT2D eigenvalue weighted by Gasteiger charge is 2.30. The molecule has 5 heteroatoms. The van der Waals surface area contributed by atoms with Crippen LogP contribution in [0.25, 0.3) is 0 Å². The second-order valence-corrected chi connectivity index (χ2v) is 7.41. The van der Waals surface area contributed by atoms with Gasteiger partial charge in [0.05, 0.1) is 11.8 Å². The molecule has 1 saturated heterocycles. The zero-order chi connectivity index (χ0) is 16.9. The molecule has 0 bridgehead atoms. The summed E-state index contributed by atoms with van der Waals surface area (Å²) in [6.45, 7) is 4.40. The standard InChI is InChI=1S/C19H29N3O2/c1-13(2)11-14-12-17(22-21-14)19(23)20-16-9-5-6-10-18(16)24-15-7-3-4-8-15/h5-6,9-10,13-15,17,21-22H,3-4,7-8,11-12H2,1-2H3,(H,20,23). The molecule has 24 heavy (non-hydrogen) atoms. The number of carbonyl (C=O) groups excluding carboxylic acids is 1. The van der Waals surface area contributed by atoms with Crippen molar-refractivity contribution in [1.29, 1.82) is 0 Å². The molecule has 2 atom stereocenters. The van der Waals surface area contributed by atoms with Crippen LogP contribution in [-0.2, 0) is 4.79 Å². The molecule has 0 aromatic heterocycles. The Morgan fingerprint density at radius 2 is 2.00 bits per heavy atom. The monoisotopic (exact) mass is 331 g/mol. The summed E-state index contributed by atoms with van der Waals surface area (Å²) in [4.78, 5) is 12.6. The van der Waals surface area contributed by atoms with Gasteiger partial charge in [0.25, 0.3) is 0 Å². The predicted octanol–water partition coefficient (Wildman–Crippen LogP) is 3.23. The van der Waals surface area contributed by atoms with Gasteiger partial charge in [-0.2, -0.15) is 0 Å². The molecule has 2 fully saturated rings. The Labute approximate surface area is 144 Å². The highest BCUT2D eigenvalue weighted by molar-refractivity contribution is 5.96. The van der Waals surface area contributed by atoms with Crippen molar-refractivity contribution in [3.05, 3.63) is 24.3 Å². The van der Waals surface area contributed by atoms with Gasteiger partial charge in [-0.1, -0.05) is 26.0 Å². The van der Waals surface area contributed by atoms with Crippen LogP contribution in [0.3, 0.4) is 0 Å². The summed E-state index contributed by atoms with van der Waals surface area (Å²) in [5, 5.41) is 3.03. The van der Waals surface area contributed by atoms with Crippen molar-refractivity contribution in [2.24, 2.45) is 5.92 Å². The molecule has 1 heterocycles. The molecular formula is C19H29N3O2. The molecule has 1 amide bonds. The number of hydrogen-bond acceptors (Lipinski definition) is 4. The lowest BCUT2D eigenvalue weighted by Crippen LogP contribution is -2.40. The number of rotatable bonds is 6. The Morgan fingerprint density at radius 1 is 1.25 bits per heavy atom. The summed E-state index contributed by atoms with van der Waals surface area (Å²) in [6.07, 6.45) is 6.83. The molecule has 1 aliphatic carbocycles. The maximum Gasteiger partial charge on any atom is 0.243 e. The molecule has 2 unspecified atom stereocenters. The first-order valence-corrected chi connectivity index (χ1v) is 9.19. The van der Waals surface area contributed by atoms with Gasteiger partial charge in [0.15, 0.2) is 0 Å². The molecule has 3 rings (SSSR count). The SMILES string of the molecule is CC(C)CC1CC(C(=O)Nc2ccccc2OC2CCCC2)NN1. The van der Waals surface area contributed by atoms with Gasteiger partial charge in [-0.25, -0.2) is 5.43 Å². The maximum atomic E-state index is 12.6. The summed E-state index contributed by atoms with van der Waals surface area (Å²) < 4.78 is 6.09. The average Bonchev–Trinajstić information content (AvgIpc) is 3.20. The number of ether oxygens (including phenoxy) is 1. The quantitative estimate of drug-likeness (QED) is 0.749. The second kappa shape index (κ2) is 7.99. The van der Waals surface area contributed by atoms with Gasteiger partial charge < -0.3 is 10.1 Å². The Balaban J connectivity index is 1.58. The van der Waals surface area contributed by atoms with Gasteiger partial charge in [-0.3, -0.25) is 10.2 Å². The average molecular weight is 331 g/mol. The summed E-state index contributed by atoms with van der Waals surface area (Å²) >= 11 is 0. The van der Waals surface area contributed by atoms with Crippen LogP contribution < -0.4 is 20.9 Å². The molecule has 1 saturated carbocycles. The van der Waals surface area contributed by atoms with Crippen LogP contribution in [0.1, 0.15) is 52.4 Å². The van der Waals surface area contributed by atoms with Crippen LogP contribution in [-0.4, -0.2) is 24.1 Å². The van der Waals surface area contributed by atoms with Gasteiger partial charge >= 0.3 is 0 Å². The van der Waals surface area contributed by atoms with E-state index in [0.29, 0.717) is 12.0 Å². The Kier molecular flexibility index (Phi) is 5.74. The first kappa shape index (κ1) is 17.2. The Morgan fingerprint density at radius 3 is 2.75 bits per heavy atom. The van der Waals surface area contributed by atoms with E-state index in [4.69, 9.17) is 4.74 Å². The van der Waals surface area contributed by atoms with Crippen molar-refractivity contribution in [3.63, 3.8) is 0 Å². The number of hydrazine groups is 1. The lowest BCUT2D eigenvalue weighted by atomic mass is 10.00. The summed E-state index contributed by atoms with van der Waals surface area (Å²) in [5.74, 6) is 1.39. The first-order valence-electron chi connectivity index (χ1n) is 9.19. The molecule has 0 spiro atoms. The van der Waals surface area contributed by atoms with E-state index in [1.54, 1.807) is 0 Å². The highest BCUT2D eigenvalue weighted by Crippen LogP contribution is 2.30. The third kappa shape index (κ3) is 4.48. The normalized spacial score (nSPS) is 24.5. The number of anilines is 1. The number of hydrogen-bond donors (Lipinski definition) is 3. The third-order valence-corrected chi connectivity index (χ3v) is 4.80. The lowest BCUT2D eigenvalue weighted by molar-refractivity contribution is -0.117. The minimum atomic E-state index is -0.201. The van der Waals surface area contributed by atoms with Crippen LogP contribution in [0, 0.1) is 5.92 Å². The molecule has 5 nitrogen and oxygen atoms in total. The molecule has 0 radical (unpaired) electrons. The minimum Gasteiger partial charge on any atom is -0.488 e. The van der Waals surface area contributed by atoms with Crippen LogP contribution >= 0.6 is 0 Å². The van der Waals surface area contributed by atoms with Crippen molar-refractivity contribution >= 4 is 11.6 Å². The van der Waals surface area contributed by atoms with Crippen molar-refractivity contribution < 1.29 is 9.53 Å². The molecule has 2 aliphatic rings. The molecule has 1 aromatic carbocycles. The topological polar surface area (TPSA) is 62.4 Å². The van der Waals surface area contributed by atoms with Crippen molar-refractivity contribution in [2.75, 3.05) is 5.32 Å². The number of amides is 1. The zero-order valence-electron chi connectivity index (χ0n) is 14.7. The van der Waals surface area contributed by atoms with Crippen LogP contribution in [0.4, 0.5) is 5.69 Å². The smallest absolute Gasteiger partial charge is 0.243 e. The van der Waals surface area contributed by atoms with E-state index in [-0.39, 0.29) is 18.1 Å². The van der Waals surface area contributed by atoms with Gasteiger partial charge in [0.1, 0.15) is 11.8 Å². The van der Waals surface area contributed by atoms with E-state index in [0.717, 1.165) is 37.1 Å². The summed E-state index contributed by atoms with van der Waals surface area (Å²) in [7, 11) is 0. The summed E-state index contributed by atoms with van der Waals surface area (Å²) in [6, 6.07) is 7.89. The Bertz CT molecular complexity index is 555. The maximum absolute atomic E-state index is 12.6. The minimum absolute atomic E-state index is 0.00349. The predicted molar refractivity (Wildman–Crippen MR) is 95.9 cm³/mol. The molecule has 3 N–H and O–H groups in total. The number of nitrogens with one attached hydrogen (secondary N) is 3. The van der Waals surface area contributed by atoms with Gasteiger partial charge in [-0.15, -0.1) is 0 Å². The van der Waals surface area contributed by atoms with Crippen LogP contribution in [0.15, 0.2) is 24.3 Å². The van der Waals surface area contributed by atoms with E-state index in [1.807, 2.05) is 24.3 Å². The fraction of sp³-hybridized carbons (Fsp3) is 0.632. The van der Waals surface area contributed by atoms with E-state index in [9.17, 15) is 4.79 Å². The molecule has 1 aromatic rings. The number of benzene rings is 1. The number of carbonyl (C=O) groups is 1. The molecule has 132 valence electrons. The van der Waals surface area contributed by atoms with Gasteiger partial charge in [0.2, 0.25) is 5.91 Å². The van der Waals surface area contributed by atoms with E-state index >= 15 is 0 Å². The summed E-state index contributed by atoms with van der Waals surface area (Å²) in [5.41, 5.74) is 7.12. The van der Waals surface area contributed by atoms with Gasteiger partial charge in [0, 0.05) is 6.04 Å². The molecule has 1 aliphatic heterocycles.